The minimum absolute atomic E-state index is 0.160. The molecule has 0 N–H and O–H groups in total. The van der Waals surface area contributed by atoms with Gasteiger partial charge in [-0.1, -0.05) is 56.8 Å². The summed E-state index contributed by atoms with van der Waals surface area (Å²) in [5, 5.41) is 9.59. The van der Waals surface area contributed by atoms with Gasteiger partial charge in [-0.3, -0.25) is 4.57 Å². The highest BCUT2D eigenvalue weighted by atomic mass is 32.2. The standard InChI is InChI=1S/C22H23N3O2S/c1-22(2,3)17-10-8-16(9-11-17)15-28-21-24-23-20(19-7-5-13-27-19)25(21)14-18-6-4-12-26-18/h4-13H,14-15H2,1-3H3. The van der Waals surface area contributed by atoms with Crippen LogP contribution in [0.3, 0.4) is 0 Å². The molecule has 1 aromatic carbocycles. The number of rotatable bonds is 6. The zero-order valence-electron chi connectivity index (χ0n) is 16.3. The lowest BCUT2D eigenvalue weighted by atomic mass is 9.87. The van der Waals surface area contributed by atoms with E-state index in [0.717, 1.165) is 16.7 Å². The Morgan fingerprint density at radius 1 is 0.929 bits per heavy atom. The summed E-state index contributed by atoms with van der Waals surface area (Å²) in [5.41, 5.74) is 2.75. The summed E-state index contributed by atoms with van der Waals surface area (Å²) < 4.78 is 13.1. The van der Waals surface area contributed by atoms with Gasteiger partial charge in [0.05, 0.1) is 19.1 Å². The van der Waals surface area contributed by atoms with Crippen LogP contribution >= 0.6 is 11.8 Å². The van der Waals surface area contributed by atoms with Gasteiger partial charge in [0, 0.05) is 5.75 Å². The molecule has 0 saturated heterocycles. The fraction of sp³-hybridized carbons (Fsp3) is 0.273. The van der Waals surface area contributed by atoms with Gasteiger partial charge in [-0.05, 0) is 40.8 Å². The summed E-state index contributed by atoms with van der Waals surface area (Å²) in [6.45, 7) is 7.24. The molecule has 0 unspecified atom stereocenters. The Bertz CT molecular complexity index is 1010. The normalized spacial score (nSPS) is 11.8. The van der Waals surface area contributed by atoms with Gasteiger partial charge in [-0.15, -0.1) is 10.2 Å². The fourth-order valence-electron chi connectivity index (χ4n) is 2.93. The van der Waals surface area contributed by atoms with Gasteiger partial charge >= 0.3 is 0 Å². The van der Waals surface area contributed by atoms with Crippen LogP contribution in [0.1, 0.15) is 37.7 Å². The SMILES string of the molecule is CC(C)(C)c1ccc(CSc2nnc(-c3ccco3)n2Cc2ccco2)cc1. The van der Waals surface area contributed by atoms with E-state index in [2.05, 4.69) is 55.2 Å². The van der Waals surface area contributed by atoms with E-state index in [0.29, 0.717) is 18.1 Å². The molecule has 0 radical (unpaired) electrons. The van der Waals surface area contributed by atoms with Crippen LogP contribution in [-0.4, -0.2) is 14.8 Å². The summed E-state index contributed by atoms with van der Waals surface area (Å²) in [6.07, 6.45) is 3.32. The Hall–Kier alpha value is -2.73. The third kappa shape index (κ3) is 4.07. The first-order valence-corrected chi connectivity index (χ1v) is 10.2. The number of hydrogen-bond donors (Lipinski definition) is 0. The molecule has 0 aliphatic heterocycles. The summed E-state index contributed by atoms with van der Waals surface area (Å²) in [4.78, 5) is 0. The predicted octanol–water partition coefficient (Wildman–Crippen LogP) is 5.77. The quantitative estimate of drug-likeness (QED) is 0.389. The van der Waals surface area contributed by atoms with Gasteiger partial charge in [-0.25, -0.2) is 0 Å². The molecule has 5 nitrogen and oxygen atoms in total. The molecule has 0 fully saturated rings. The maximum atomic E-state index is 5.54. The highest BCUT2D eigenvalue weighted by molar-refractivity contribution is 7.98. The second-order valence-electron chi connectivity index (χ2n) is 7.68. The average Bonchev–Trinajstić information content (AvgIpc) is 3.42. The molecule has 28 heavy (non-hydrogen) atoms. The molecule has 0 spiro atoms. The molecule has 4 aromatic rings. The van der Waals surface area contributed by atoms with Crippen molar-refractivity contribution in [3.63, 3.8) is 0 Å². The Morgan fingerprint density at radius 3 is 2.32 bits per heavy atom. The molecule has 0 aliphatic carbocycles. The molecule has 6 heteroatoms. The van der Waals surface area contributed by atoms with Gasteiger partial charge in [0.15, 0.2) is 10.9 Å². The lowest BCUT2D eigenvalue weighted by molar-refractivity contribution is 0.482. The third-order valence-electron chi connectivity index (χ3n) is 4.54. The number of hydrogen-bond acceptors (Lipinski definition) is 5. The van der Waals surface area contributed by atoms with Crippen LogP contribution in [0.2, 0.25) is 0 Å². The zero-order valence-corrected chi connectivity index (χ0v) is 17.1. The van der Waals surface area contributed by atoms with E-state index in [9.17, 15) is 0 Å². The Morgan fingerprint density at radius 2 is 1.68 bits per heavy atom. The van der Waals surface area contributed by atoms with Gasteiger partial charge in [0.2, 0.25) is 5.82 Å². The molecule has 0 amide bonds. The van der Waals surface area contributed by atoms with Crippen LogP contribution in [0.4, 0.5) is 0 Å². The molecular formula is C22H23N3O2S. The van der Waals surface area contributed by atoms with E-state index in [1.807, 2.05) is 28.8 Å². The lowest BCUT2D eigenvalue weighted by Crippen LogP contribution is -2.10. The van der Waals surface area contributed by atoms with Crippen molar-refractivity contribution in [1.82, 2.24) is 14.8 Å². The number of aromatic nitrogens is 3. The third-order valence-corrected chi connectivity index (χ3v) is 5.58. The van der Waals surface area contributed by atoms with Crippen molar-refractivity contribution in [3.8, 4) is 11.6 Å². The van der Waals surface area contributed by atoms with Crippen molar-refractivity contribution in [2.24, 2.45) is 0 Å². The zero-order chi connectivity index (χ0) is 19.6. The van der Waals surface area contributed by atoms with Crippen molar-refractivity contribution in [2.75, 3.05) is 0 Å². The van der Waals surface area contributed by atoms with E-state index in [1.54, 1.807) is 24.3 Å². The van der Waals surface area contributed by atoms with Crippen molar-refractivity contribution < 1.29 is 8.83 Å². The van der Waals surface area contributed by atoms with Gasteiger partial charge < -0.3 is 8.83 Å². The molecule has 0 saturated carbocycles. The first-order valence-electron chi connectivity index (χ1n) is 9.22. The van der Waals surface area contributed by atoms with Crippen molar-refractivity contribution in [1.29, 1.82) is 0 Å². The summed E-state index contributed by atoms with van der Waals surface area (Å²) >= 11 is 1.66. The Labute approximate surface area is 168 Å². The summed E-state index contributed by atoms with van der Waals surface area (Å²) in [5.74, 6) is 3.06. The molecular weight excluding hydrogens is 370 g/mol. The second kappa shape index (κ2) is 7.72. The number of nitrogens with zero attached hydrogens (tertiary/aromatic N) is 3. The van der Waals surface area contributed by atoms with Crippen molar-refractivity contribution in [3.05, 3.63) is 77.9 Å². The van der Waals surface area contributed by atoms with Gasteiger partial charge in [0.25, 0.3) is 0 Å². The maximum Gasteiger partial charge on any atom is 0.200 e. The van der Waals surface area contributed by atoms with Gasteiger partial charge in [-0.2, -0.15) is 0 Å². The van der Waals surface area contributed by atoms with Gasteiger partial charge in [0.1, 0.15) is 5.76 Å². The molecule has 144 valence electrons. The number of benzene rings is 1. The fourth-order valence-corrected chi connectivity index (χ4v) is 3.83. The number of thioether (sulfide) groups is 1. The van der Waals surface area contributed by atoms with E-state index in [-0.39, 0.29) is 5.41 Å². The lowest BCUT2D eigenvalue weighted by Gasteiger charge is -2.19. The molecule has 3 aromatic heterocycles. The molecule has 3 heterocycles. The van der Waals surface area contributed by atoms with Crippen LogP contribution in [0.25, 0.3) is 11.6 Å². The van der Waals surface area contributed by atoms with E-state index >= 15 is 0 Å². The minimum Gasteiger partial charge on any atom is -0.467 e. The number of furan rings is 2. The Kier molecular flexibility index (Phi) is 5.13. The molecule has 0 aliphatic rings. The average molecular weight is 394 g/mol. The first-order chi connectivity index (χ1) is 13.5. The largest absolute Gasteiger partial charge is 0.467 e. The molecule has 0 atom stereocenters. The van der Waals surface area contributed by atoms with E-state index in [1.165, 1.54) is 11.1 Å². The van der Waals surface area contributed by atoms with Crippen molar-refractivity contribution >= 4 is 11.8 Å². The molecule has 4 rings (SSSR count). The highest BCUT2D eigenvalue weighted by Crippen LogP contribution is 2.29. The second-order valence-corrected chi connectivity index (χ2v) is 8.63. The maximum absolute atomic E-state index is 5.54. The molecule has 0 bridgehead atoms. The first kappa shape index (κ1) is 18.6. The van der Waals surface area contributed by atoms with Crippen LogP contribution in [-0.2, 0) is 17.7 Å². The Balaban J connectivity index is 1.56. The smallest absolute Gasteiger partial charge is 0.200 e. The highest BCUT2D eigenvalue weighted by Gasteiger charge is 2.18. The van der Waals surface area contributed by atoms with E-state index < -0.39 is 0 Å². The topological polar surface area (TPSA) is 57.0 Å². The summed E-state index contributed by atoms with van der Waals surface area (Å²) in [6, 6.07) is 16.4. The van der Waals surface area contributed by atoms with Crippen molar-refractivity contribution in [2.45, 2.75) is 43.6 Å². The predicted molar refractivity (Wildman–Crippen MR) is 110 cm³/mol. The monoisotopic (exact) mass is 393 g/mol. The van der Waals surface area contributed by atoms with Crippen LogP contribution < -0.4 is 0 Å². The van der Waals surface area contributed by atoms with Crippen LogP contribution in [0, 0.1) is 0 Å². The minimum atomic E-state index is 0.160. The summed E-state index contributed by atoms with van der Waals surface area (Å²) in [7, 11) is 0. The van der Waals surface area contributed by atoms with E-state index in [4.69, 9.17) is 8.83 Å². The van der Waals surface area contributed by atoms with Crippen LogP contribution in [0.5, 0.6) is 0 Å². The van der Waals surface area contributed by atoms with Crippen LogP contribution in [0.15, 0.2) is 75.0 Å².